The molecular formula is C23H8CuF12N4O2. The van der Waals surface area contributed by atoms with Gasteiger partial charge in [-0.2, -0.15) is 68.3 Å². The van der Waals surface area contributed by atoms with Crippen LogP contribution in [0.2, 0.25) is 0 Å². The molecule has 0 fully saturated rings. The number of carbonyl (C=O) groups excluding carboxylic acids is 1. The van der Waals surface area contributed by atoms with Gasteiger partial charge in [0.2, 0.25) is 5.88 Å². The average molecular weight is 664 g/mol. The first-order valence-corrected chi connectivity index (χ1v) is 10.3. The van der Waals surface area contributed by atoms with E-state index >= 15 is 0 Å². The molecule has 1 N–H and O–H groups in total. The summed E-state index contributed by atoms with van der Waals surface area (Å²) in [4.78, 5) is 13.0. The van der Waals surface area contributed by atoms with Gasteiger partial charge in [-0.15, -0.1) is 0 Å². The van der Waals surface area contributed by atoms with Gasteiger partial charge in [0, 0.05) is 22.6 Å². The molecule has 6 nitrogen and oxygen atoms in total. The zero-order valence-corrected chi connectivity index (χ0v) is 20.7. The Morgan fingerprint density at radius 2 is 1.07 bits per heavy atom. The number of alkyl halides is 12. The minimum atomic E-state index is -5.59. The molecule has 0 bridgehead atoms. The Labute approximate surface area is 235 Å². The van der Waals surface area contributed by atoms with Gasteiger partial charge in [0.15, 0.2) is 5.78 Å². The second-order valence-corrected chi connectivity index (χ2v) is 8.10. The first kappa shape index (κ1) is 34.0. The molecule has 2 aromatic carbocycles. The summed E-state index contributed by atoms with van der Waals surface area (Å²) in [5.74, 6) is -3.35. The summed E-state index contributed by atoms with van der Waals surface area (Å²) >= 11 is 0. The zero-order chi connectivity index (χ0) is 31.5. The molecule has 0 saturated carbocycles. The Balaban J connectivity index is 0.00000616. The molecule has 1 heterocycles. The van der Waals surface area contributed by atoms with Crippen LogP contribution in [0.3, 0.4) is 0 Å². The number of hydrogen-bond acceptors (Lipinski definition) is 5. The smallest absolute Gasteiger partial charge is 0.417 e. The monoisotopic (exact) mass is 663 g/mol. The number of ketones is 1. The molecule has 0 saturated heterocycles. The van der Waals surface area contributed by atoms with Crippen molar-refractivity contribution >= 4 is 5.78 Å². The van der Waals surface area contributed by atoms with Crippen LogP contribution in [0.15, 0.2) is 24.3 Å². The fourth-order valence-corrected chi connectivity index (χ4v) is 3.76. The van der Waals surface area contributed by atoms with E-state index in [0.29, 0.717) is 0 Å². The van der Waals surface area contributed by atoms with Gasteiger partial charge in [-0.05, 0) is 31.2 Å². The van der Waals surface area contributed by atoms with E-state index in [1.807, 2.05) is 0 Å². The summed E-state index contributed by atoms with van der Waals surface area (Å²) in [6.07, 6.45) is -22.3. The van der Waals surface area contributed by atoms with Crippen molar-refractivity contribution in [2.45, 2.75) is 31.6 Å². The predicted octanol–water partition coefficient (Wildman–Crippen LogP) is 6.93. The SMILES string of the molecule is Cc1nn(-c2cc(C(F)(F)F)c(C#N)c(C(F)(F)F)c2)c(O)c1C(=O)c1cc(C(F)(F)F)c(C#N)c(C(F)(F)F)c1.[Cu]. The largest absolute Gasteiger partial charge is 0.493 e. The van der Waals surface area contributed by atoms with Crippen LogP contribution >= 0.6 is 0 Å². The van der Waals surface area contributed by atoms with Crippen molar-refractivity contribution in [3.8, 4) is 23.7 Å². The first-order chi connectivity index (χ1) is 18.5. The van der Waals surface area contributed by atoms with E-state index in [-0.39, 0.29) is 46.0 Å². The van der Waals surface area contributed by atoms with E-state index in [0.717, 1.165) is 19.1 Å². The summed E-state index contributed by atoms with van der Waals surface area (Å²) < 4.78 is 162. The minimum absolute atomic E-state index is 0. The van der Waals surface area contributed by atoms with Crippen molar-refractivity contribution in [1.82, 2.24) is 9.78 Å². The molecule has 3 rings (SSSR count). The van der Waals surface area contributed by atoms with Crippen LogP contribution in [0, 0.1) is 29.6 Å². The number of hydrogen-bond donors (Lipinski definition) is 1. The van der Waals surface area contributed by atoms with E-state index < -0.39 is 92.3 Å². The van der Waals surface area contributed by atoms with Crippen LogP contribution in [0.5, 0.6) is 5.88 Å². The third kappa shape index (κ3) is 6.17. The van der Waals surface area contributed by atoms with Gasteiger partial charge >= 0.3 is 24.7 Å². The maximum Gasteiger partial charge on any atom is 0.417 e. The molecule has 227 valence electrons. The maximum absolute atomic E-state index is 13.5. The third-order valence-electron chi connectivity index (χ3n) is 5.48. The summed E-state index contributed by atoms with van der Waals surface area (Å²) in [5, 5.41) is 31.8. The van der Waals surface area contributed by atoms with E-state index in [1.54, 1.807) is 0 Å². The molecule has 1 aromatic heterocycles. The van der Waals surface area contributed by atoms with Crippen molar-refractivity contribution in [3.05, 3.63) is 74.5 Å². The Kier molecular flexibility index (Phi) is 8.80. The number of aromatic nitrogens is 2. The predicted molar refractivity (Wildman–Crippen MR) is 109 cm³/mol. The standard InChI is InChI=1S/C23H8F12N4O2.Cu/c1-8-17(18(40)9-2-13(20(24,25)26)11(6-36)14(3-9)21(27,28)29)19(41)39(38-8)10-4-15(22(30,31)32)12(7-37)16(5-10)23(33,34)35;/h2-5,41H,1H3;. The van der Waals surface area contributed by atoms with Crippen LogP contribution < -0.4 is 0 Å². The van der Waals surface area contributed by atoms with E-state index in [1.165, 1.54) is 0 Å². The van der Waals surface area contributed by atoms with E-state index in [4.69, 9.17) is 10.5 Å². The van der Waals surface area contributed by atoms with E-state index in [9.17, 15) is 62.6 Å². The molecule has 0 spiro atoms. The molecule has 0 aliphatic heterocycles. The van der Waals surface area contributed by atoms with Gasteiger partial charge in [-0.1, -0.05) is 0 Å². The molecule has 0 aliphatic carbocycles. The third-order valence-corrected chi connectivity index (χ3v) is 5.48. The number of rotatable bonds is 3. The summed E-state index contributed by atoms with van der Waals surface area (Å²) in [6.45, 7) is 0.821. The van der Waals surface area contributed by atoms with Crippen molar-refractivity contribution in [3.63, 3.8) is 0 Å². The Bertz CT molecular complexity index is 1580. The molecule has 0 amide bonds. The van der Waals surface area contributed by atoms with Gasteiger partial charge in [0.05, 0.1) is 44.8 Å². The molecule has 0 unspecified atom stereocenters. The van der Waals surface area contributed by atoms with Crippen LogP contribution in [-0.2, 0) is 41.8 Å². The van der Waals surface area contributed by atoms with Gasteiger partial charge < -0.3 is 5.11 Å². The molecule has 19 heteroatoms. The number of nitriles is 2. The number of aromatic hydroxyl groups is 1. The summed E-state index contributed by atoms with van der Waals surface area (Å²) in [5.41, 5.74) is -16.8. The fraction of sp³-hybridized carbons (Fsp3) is 0.217. The fourth-order valence-electron chi connectivity index (χ4n) is 3.76. The van der Waals surface area contributed by atoms with Crippen LogP contribution in [0.4, 0.5) is 52.7 Å². The van der Waals surface area contributed by atoms with Crippen molar-refractivity contribution in [2.75, 3.05) is 0 Å². The van der Waals surface area contributed by atoms with E-state index in [2.05, 4.69) is 5.10 Å². The van der Waals surface area contributed by atoms with Gasteiger partial charge in [-0.25, -0.2) is 4.68 Å². The first-order valence-electron chi connectivity index (χ1n) is 10.3. The number of aryl methyl sites for hydroxylation is 1. The van der Waals surface area contributed by atoms with Crippen molar-refractivity contribution in [2.24, 2.45) is 0 Å². The Morgan fingerprint density at radius 3 is 1.38 bits per heavy atom. The molecule has 1 radical (unpaired) electrons. The molecule has 0 aliphatic rings. The maximum atomic E-state index is 13.5. The topological polar surface area (TPSA) is 103 Å². The second kappa shape index (κ2) is 10.9. The van der Waals surface area contributed by atoms with Crippen LogP contribution in [-0.4, -0.2) is 20.7 Å². The van der Waals surface area contributed by atoms with Crippen LogP contribution in [0.25, 0.3) is 5.69 Å². The average Bonchev–Trinajstić information content (AvgIpc) is 3.13. The minimum Gasteiger partial charge on any atom is -0.493 e. The van der Waals surface area contributed by atoms with Crippen LogP contribution in [0.1, 0.15) is 55.0 Å². The Morgan fingerprint density at radius 1 is 0.738 bits per heavy atom. The molecular weight excluding hydrogens is 656 g/mol. The number of nitrogens with zero attached hydrogens (tertiary/aromatic N) is 4. The zero-order valence-electron chi connectivity index (χ0n) is 19.8. The Hall–Kier alpha value is -4.22. The number of halogens is 12. The normalized spacial score (nSPS) is 12.4. The second-order valence-electron chi connectivity index (χ2n) is 8.10. The van der Waals surface area contributed by atoms with Gasteiger partial charge in [-0.3, -0.25) is 4.79 Å². The summed E-state index contributed by atoms with van der Waals surface area (Å²) in [7, 11) is 0. The number of carbonyl (C=O) groups is 1. The molecule has 42 heavy (non-hydrogen) atoms. The molecule has 3 aromatic rings. The number of benzene rings is 2. The van der Waals surface area contributed by atoms with Crippen molar-refractivity contribution in [1.29, 1.82) is 10.5 Å². The summed E-state index contributed by atoms with van der Waals surface area (Å²) in [6, 6.07) is 1.16. The van der Waals surface area contributed by atoms with Crippen molar-refractivity contribution < 1.29 is 79.7 Å². The molecule has 0 atom stereocenters. The van der Waals surface area contributed by atoms with Gasteiger partial charge in [0.25, 0.3) is 0 Å². The quantitative estimate of drug-likeness (QED) is 0.186. The van der Waals surface area contributed by atoms with Gasteiger partial charge in [0.1, 0.15) is 17.7 Å².